The molecule has 0 aliphatic carbocycles. The maximum atomic E-state index is 11.1. The monoisotopic (exact) mass is 267 g/mol. The Morgan fingerprint density at radius 2 is 2.42 bits per heavy atom. The van der Waals surface area contributed by atoms with Crippen LogP contribution in [-0.4, -0.2) is 33.8 Å². The van der Waals surface area contributed by atoms with E-state index in [-0.39, 0.29) is 10.6 Å². The molecule has 1 saturated heterocycles. The molecule has 1 fully saturated rings. The van der Waals surface area contributed by atoms with Crippen molar-refractivity contribution in [2.45, 2.75) is 38.6 Å². The van der Waals surface area contributed by atoms with Gasteiger partial charge in [0.15, 0.2) is 0 Å². The lowest BCUT2D eigenvalue weighted by atomic mass is 10.1. The predicted octanol–water partition coefficient (Wildman–Crippen LogP) is 1.44. The Labute approximate surface area is 112 Å². The minimum atomic E-state index is -0.345. The summed E-state index contributed by atoms with van der Waals surface area (Å²) in [5, 5.41) is 21.9. The standard InChI is InChI=1S/C12H21N5O2/c1-3-10-11(17(18)19)12(16(2)15-10)14-8-6-9-5-4-7-13-9/h9,13-14H,3-8H2,1-2H3. The summed E-state index contributed by atoms with van der Waals surface area (Å²) in [6, 6.07) is 0.533. The Balaban J connectivity index is 2.02. The fourth-order valence-corrected chi connectivity index (χ4v) is 2.56. The molecular formula is C12H21N5O2. The van der Waals surface area contributed by atoms with E-state index in [4.69, 9.17) is 0 Å². The summed E-state index contributed by atoms with van der Waals surface area (Å²) in [4.78, 5) is 10.8. The van der Waals surface area contributed by atoms with Crippen molar-refractivity contribution in [3.05, 3.63) is 15.8 Å². The minimum Gasteiger partial charge on any atom is -0.364 e. The van der Waals surface area contributed by atoms with E-state index in [1.54, 1.807) is 11.7 Å². The van der Waals surface area contributed by atoms with Crippen LogP contribution in [0.15, 0.2) is 0 Å². The lowest BCUT2D eigenvalue weighted by Gasteiger charge is -2.11. The third-order valence-corrected chi connectivity index (χ3v) is 3.56. The fraction of sp³-hybridized carbons (Fsp3) is 0.750. The van der Waals surface area contributed by atoms with E-state index in [0.29, 0.717) is 24.0 Å². The summed E-state index contributed by atoms with van der Waals surface area (Å²) >= 11 is 0. The number of hydrogen-bond acceptors (Lipinski definition) is 5. The number of nitrogens with zero attached hydrogens (tertiary/aromatic N) is 3. The Bertz CT molecular complexity index is 451. The van der Waals surface area contributed by atoms with Crippen LogP contribution in [0.4, 0.5) is 11.5 Å². The van der Waals surface area contributed by atoms with Gasteiger partial charge in [-0.2, -0.15) is 5.10 Å². The summed E-state index contributed by atoms with van der Waals surface area (Å²) in [6.07, 6.45) is 3.95. The predicted molar refractivity (Wildman–Crippen MR) is 73.4 cm³/mol. The average Bonchev–Trinajstić information content (AvgIpc) is 2.97. The van der Waals surface area contributed by atoms with Crippen molar-refractivity contribution >= 4 is 11.5 Å². The van der Waals surface area contributed by atoms with Gasteiger partial charge in [0.05, 0.1) is 4.92 Å². The van der Waals surface area contributed by atoms with E-state index in [1.807, 2.05) is 6.92 Å². The fourth-order valence-electron chi connectivity index (χ4n) is 2.56. The highest BCUT2D eigenvalue weighted by molar-refractivity contribution is 5.59. The molecule has 106 valence electrons. The average molecular weight is 267 g/mol. The highest BCUT2D eigenvalue weighted by atomic mass is 16.6. The van der Waals surface area contributed by atoms with Gasteiger partial charge in [-0.1, -0.05) is 6.92 Å². The normalized spacial score (nSPS) is 18.7. The minimum absolute atomic E-state index is 0.115. The Morgan fingerprint density at radius 3 is 3.00 bits per heavy atom. The highest BCUT2D eigenvalue weighted by Gasteiger charge is 2.25. The molecule has 1 aromatic rings. The molecule has 1 atom stereocenters. The first-order chi connectivity index (χ1) is 9.13. The van der Waals surface area contributed by atoms with Crippen molar-refractivity contribution in [1.82, 2.24) is 15.1 Å². The van der Waals surface area contributed by atoms with Crippen LogP contribution in [0.1, 0.15) is 31.9 Å². The highest BCUT2D eigenvalue weighted by Crippen LogP contribution is 2.28. The van der Waals surface area contributed by atoms with Crippen LogP contribution in [0.3, 0.4) is 0 Å². The second-order valence-corrected chi connectivity index (χ2v) is 4.89. The zero-order valence-electron chi connectivity index (χ0n) is 11.5. The summed E-state index contributed by atoms with van der Waals surface area (Å²) < 4.78 is 1.57. The first-order valence-electron chi connectivity index (χ1n) is 6.81. The Hall–Kier alpha value is -1.63. The molecule has 0 bridgehead atoms. The second kappa shape index (κ2) is 6.01. The van der Waals surface area contributed by atoms with E-state index in [2.05, 4.69) is 15.7 Å². The van der Waals surface area contributed by atoms with Crippen LogP contribution in [0.2, 0.25) is 0 Å². The smallest absolute Gasteiger partial charge is 0.333 e. The maximum absolute atomic E-state index is 11.1. The molecule has 2 N–H and O–H groups in total. The van der Waals surface area contributed by atoms with E-state index in [9.17, 15) is 10.1 Å². The van der Waals surface area contributed by atoms with Crippen LogP contribution in [0.5, 0.6) is 0 Å². The van der Waals surface area contributed by atoms with Gasteiger partial charge in [0.25, 0.3) is 0 Å². The van der Waals surface area contributed by atoms with Gasteiger partial charge in [-0.25, -0.2) is 4.68 Å². The molecule has 7 nitrogen and oxygen atoms in total. The lowest BCUT2D eigenvalue weighted by Crippen LogP contribution is -2.24. The zero-order chi connectivity index (χ0) is 13.8. The van der Waals surface area contributed by atoms with E-state index >= 15 is 0 Å². The summed E-state index contributed by atoms with van der Waals surface area (Å²) in [5.41, 5.74) is 0.651. The van der Waals surface area contributed by atoms with Crippen LogP contribution in [0, 0.1) is 10.1 Å². The van der Waals surface area contributed by atoms with Crippen molar-refractivity contribution in [1.29, 1.82) is 0 Å². The van der Waals surface area contributed by atoms with Crippen molar-refractivity contribution in [3.63, 3.8) is 0 Å². The number of hydrogen-bond donors (Lipinski definition) is 2. The number of rotatable bonds is 6. The van der Waals surface area contributed by atoms with Crippen molar-refractivity contribution in [2.24, 2.45) is 7.05 Å². The number of anilines is 1. The quantitative estimate of drug-likeness (QED) is 0.602. The van der Waals surface area contributed by atoms with Gasteiger partial charge in [0, 0.05) is 19.6 Å². The first kappa shape index (κ1) is 13.8. The van der Waals surface area contributed by atoms with Crippen LogP contribution in [0.25, 0.3) is 0 Å². The molecule has 0 radical (unpaired) electrons. The topological polar surface area (TPSA) is 85.0 Å². The number of nitro groups is 1. The maximum Gasteiger partial charge on any atom is 0.333 e. The van der Waals surface area contributed by atoms with Gasteiger partial charge in [-0.15, -0.1) is 0 Å². The summed E-state index contributed by atoms with van der Waals surface area (Å²) in [7, 11) is 1.74. The SMILES string of the molecule is CCc1nn(C)c(NCCC2CCCN2)c1[N+](=O)[O-]. The lowest BCUT2D eigenvalue weighted by molar-refractivity contribution is -0.384. The van der Waals surface area contributed by atoms with E-state index in [1.165, 1.54) is 12.8 Å². The molecule has 1 aliphatic rings. The molecule has 19 heavy (non-hydrogen) atoms. The van der Waals surface area contributed by atoms with Crippen molar-refractivity contribution in [3.8, 4) is 0 Å². The zero-order valence-corrected chi connectivity index (χ0v) is 11.5. The third-order valence-electron chi connectivity index (χ3n) is 3.56. The van der Waals surface area contributed by atoms with Crippen molar-refractivity contribution < 1.29 is 4.92 Å². The number of aromatic nitrogens is 2. The molecule has 2 rings (SSSR count). The molecular weight excluding hydrogens is 246 g/mol. The van der Waals surface area contributed by atoms with Crippen LogP contribution in [-0.2, 0) is 13.5 Å². The second-order valence-electron chi connectivity index (χ2n) is 4.89. The molecule has 7 heteroatoms. The number of aryl methyl sites for hydroxylation is 2. The first-order valence-corrected chi connectivity index (χ1v) is 6.81. The van der Waals surface area contributed by atoms with Gasteiger partial charge in [0.2, 0.25) is 5.82 Å². The van der Waals surface area contributed by atoms with E-state index in [0.717, 1.165) is 19.5 Å². The molecule has 0 aromatic carbocycles. The van der Waals surface area contributed by atoms with Gasteiger partial charge in [-0.05, 0) is 32.2 Å². The molecule has 0 spiro atoms. The molecule has 0 saturated carbocycles. The largest absolute Gasteiger partial charge is 0.364 e. The van der Waals surface area contributed by atoms with Crippen LogP contribution < -0.4 is 10.6 Å². The third kappa shape index (κ3) is 3.04. The summed E-state index contributed by atoms with van der Waals surface area (Å²) in [5.74, 6) is 0.514. The van der Waals surface area contributed by atoms with E-state index < -0.39 is 0 Å². The Kier molecular flexibility index (Phi) is 4.36. The molecule has 1 aliphatic heterocycles. The van der Waals surface area contributed by atoms with Gasteiger partial charge >= 0.3 is 5.69 Å². The van der Waals surface area contributed by atoms with Crippen molar-refractivity contribution in [2.75, 3.05) is 18.4 Å². The molecule has 2 heterocycles. The molecule has 1 unspecified atom stereocenters. The summed E-state index contributed by atoms with van der Waals surface area (Å²) in [6.45, 7) is 3.68. The molecule has 1 aromatic heterocycles. The van der Waals surface area contributed by atoms with Gasteiger partial charge in [-0.3, -0.25) is 10.1 Å². The molecule has 0 amide bonds. The Morgan fingerprint density at radius 1 is 1.63 bits per heavy atom. The van der Waals surface area contributed by atoms with Crippen LogP contribution >= 0.6 is 0 Å². The van der Waals surface area contributed by atoms with Gasteiger partial charge in [0.1, 0.15) is 5.69 Å². The number of nitrogens with one attached hydrogen (secondary N) is 2. The van der Waals surface area contributed by atoms with Gasteiger partial charge < -0.3 is 10.6 Å².